The molecule has 0 bridgehead atoms. The summed E-state index contributed by atoms with van der Waals surface area (Å²) in [7, 11) is 2.95. The van der Waals surface area contributed by atoms with Gasteiger partial charge in [0.1, 0.15) is 0 Å². The molecular formula is C16H15NO6. The third kappa shape index (κ3) is 3.97. The molecule has 0 saturated carbocycles. The van der Waals surface area contributed by atoms with Gasteiger partial charge >= 0.3 is 5.97 Å². The van der Waals surface area contributed by atoms with E-state index >= 15 is 0 Å². The van der Waals surface area contributed by atoms with E-state index in [1.165, 1.54) is 44.8 Å². The summed E-state index contributed by atoms with van der Waals surface area (Å²) in [6, 6.07) is 7.29. The molecule has 0 N–H and O–H groups in total. The number of ketones is 1. The van der Waals surface area contributed by atoms with Gasteiger partial charge in [0.05, 0.1) is 19.8 Å². The summed E-state index contributed by atoms with van der Waals surface area (Å²) in [6.07, 6.45) is 2.35. The van der Waals surface area contributed by atoms with Crippen LogP contribution in [-0.4, -0.2) is 32.6 Å². The second-order valence-corrected chi connectivity index (χ2v) is 4.52. The van der Waals surface area contributed by atoms with Crippen molar-refractivity contribution in [2.45, 2.75) is 0 Å². The third-order valence-electron chi connectivity index (χ3n) is 3.08. The normalized spacial score (nSPS) is 10.0. The number of ether oxygens (including phenoxy) is 3. The Balaban J connectivity index is 2.02. The van der Waals surface area contributed by atoms with Gasteiger partial charge in [0.2, 0.25) is 0 Å². The van der Waals surface area contributed by atoms with E-state index in [9.17, 15) is 14.8 Å². The molecule has 7 nitrogen and oxygen atoms in total. The zero-order valence-electron chi connectivity index (χ0n) is 12.6. The number of benzene rings is 1. The summed E-state index contributed by atoms with van der Waals surface area (Å²) >= 11 is 0. The average Bonchev–Trinajstić information content (AvgIpc) is 2.59. The van der Waals surface area contributed by atoms with Gasteiger partial charge in [0.25, 0.3) is 0 Å². The number of rotatable bonds is 6. The Morgan fingerprint density at radius 2 is 1.65 bits per heavy atom. The Morgan fingerprint density at radius 3 is 2.26 bits per heavy atom. The summed E-state index contributed by atoms with van der Waals surface area (Å²) in [5.74, 6) is -0.155. The summed E-state index contributed by atoms with van der Waals surface area (Å²) < 4.78 is 15.7. The topological polar surface area (TPSA) is 88.8 Å². The van der Waals surface area contributed by atoms with Crippen molar-refractivity contribution < 1.29 is 28.5 Å². The molecule has 0 spiro atoms. The molecule has 0 amide bonds. The number of pyridine rings is 1. The van der Waals surface area contributed by atoms with Crippen LogP contribution in [0.4, 0.5) is 0 Å². The molecular weight excluding hydrogens is 302 g/mol. The number of aromatic nitrogens is 1. The van der Waals surface area contributed by atoms with Crippen molar-refractivity contribution in [2.75, 3.05) is 20.8 Å². The quantitative estimate of drug-likeness (QED) is 0.346. The van der Waals surface area contributed by atoms with Gasteiger partial charge < -0.3 is 19.4 Å². The van der Waals surface area contributed by atoms with Gasteiger partial charge in [-0.3, -0.25) is 4.79 Å². The lowest BCUT2D eigenvalue weighted by molar-refractivity contribution is -0.605. The predicted octanol–water partition coefficient (Wildman–Crippen LogP) is 1.38. The highest BCUT2D eigenvalue weighted by Gasteiger charge is 2.14. The summed E-state index contributed by atoms with van der Waals surface area (Å²) in [4.78, 5) is 23.9. The lowest BCUT2D eigenvalue weighted by Gasteiger charge is -2.09. The summed E-state index contributed by atoms with van der Waals surface area (Å²) in [6.45, 7) is -0.416. The van der Waals surface area contributed by atoms with Crippen LogP contribution in [0.1, 0.15) is 20.7 Å². The molecule has 0 aliphatic carbocycles. The molecule has 1 heterocycles. The molecule has 23 heavy (non-hydrogen) atoms. The van der Waals surface area contributed by atoms with Gasteiger partial charge in [-0.05, 0) is 18.2 Å². The standard InChI is InChI=1S/C16H15NO6/c1-21-14-4-3-12(9-15(14)22-2)13(18)10-23-16(19)11-5-7-17(20)8-6-11/h3-9H,10H2,1-2H3. The van der Waals surface area contributed by atoms with Gasteiger partial charge in [0, 0.05) is 17.7 Å². The smallest absolute Gasteiger partial charge is 0.339 e. The van der Waals surface area contributed by atoms with Crippen LogP contribution in [-0.2, 0) is 4.74 Å². The molecule has 7 heteroatoms. The first kappa shape index (κ1) is 16.3. The number of carbonyl (C=O) groups excluding carboxylic acids is 2. The lowest BCUT2D eigenvalue weighted by Crippen LogP contribution is -2.24. The van der Waals surface area contributed by atoms with Crippen LogP contribution in [0.25, 0.3) is 0 Å². The molecule has 0 saturated heterocycles. The fourth-order valence-corrected chi connectivity index (χ4v) is 1.86. The number of hydrogen-bond acceptors (Lipinski definition) is 6. The number of methoxy groups -OCH3 is 2. The maximum absolute atomic E-state index is 12.1. The largest absolute Gasteiger partial charge is 0.619 e. The SMILES string of the molecule is COc1ccc(C(=O)COC(=O)c2cc[n+]([O-])cc2)cc1OC. The average molecular weight is 317 g/mol. The fraction of sp³-hybridized carbons (Fsp3) is 0.188. The van der Waals surface area contributed by atoms with E-state index in [-0.39, 0.29) is 11.3 Å². The highest BCUT2D eigenvalue weighted by molar-refractivity contribution is 5.99. The van der Waals surface area contributed by atoms with Crippen LogP contribution in [0, 0.1) is 5.21 Å². The predicted molar refractivity (Wildman–Crippen MR) is 79.6 cm³/mol. The second-order valence-electron chi connectivity index (χ2n) is 4.52. The molecule has 0 aliphatic heterocycles. The highest BCUT2D eigenvalue weighted by Crippen LogP contribution is 2.27. The first-order chi connectivity index (χ1) is 11.0. The maximum atomic E-state index is 12.1. The molecule has 0 unspecified atom stereocenters. The Hall–Kier alpha value is -3.09. The van der Waals surface area contributed by atoms with Gasteiger partial charge in [-0.15, -0.1) is 0 Å². The van der Waals surface area contributed by atoms with E-state index < -0.39 is 12.6 Å². The number of esters is 1. The van der Waals surface area contributed by atoms with Crippen LogP contribution >= 0.6 is 0 Å². The molecule has 0 fully saturated rings. The second kappa shape index (κ2) is 7.26. The van der Waals surface area contributed by atoms with Crippen molar-refractivity contribution in [1.29, 1.82) is 0 Å². The highest BCUT2D eigenvalue weighted by atomic mass is 16.5. The Morgan fingerprint density at radius 1 is 1.00 bits per heavy atom. The molecule has 2 rings (SSSR count). The molecule has 0 radical (unpaired) electrons. The van der Waals surface area contributed by atoms with Gasteiger partial charge in [0.15, 0.2) is 36.3 Å². The van der Waals surface area contributed by atoms with Gasteiger partial charge in [-0.2, -0.15) is 4.73 Å². The minimum absolute atomic E-state index is 0.192. The number of hydrogen-bond donors (Lipinski definition) is 0. The van der Waals surface area contributed by atoms with E-state index in [4.69, 9.17) is 14.2 Å². The Kier molecular flexibility index (Phi) is 5.14. The van der Waals surface area contributed by atoms with Crippen LogP contribution in [0.3, 0.4) is 0 Å². The van der Waals surface area contributed by atoms with E-state index in [0.29, 0.717) is 21.8 Å². The van der Waals surface area contributed by atoms with E-state index in [1.807, 2.05) is 0 Å². The minimum atomic E-state index is -0.681. The fourth-order valence-electron chi connectivity index (χ4n) is 1.86. The molecule has 2 aromatic rings. The number of Topliss-reactive ketones (excluding diaryl/α,β-unsaturated/α-hetero) is 1. The van der Waals surface area contributed by atoms with Crippen molar-refractivity contribution in [2.24, 2.45) is 0 Å². The maximum Gasteiger partial charge on any atom is 0.339 e. The van der Waals surface area contributed by atoms with E-state index in [1.54, 1.807) is 12.1 Å². The molecule has 1 aromatic heterocycles. The lowest BCUT2D eigenvalue weighted by atomic mass is 10.1. The van der Waals surface area contributed by atoms with Crippen LogP contribution in [0.15, 0.2) is 42.7 Å². The van der Waals surface area contributed by atoms with Crippen molar-refractivity contribution >= 4 is 11.8 Å². The van der Waals surface area contributed by atoms with Gasteiger partial charge in [-0.25, -0.2) is 4.79 Å². The van der Waals surface area contributed by atoms with Crippen molar-refractivity contribution in [3.05, 3.63) is 59.1 Å². The van der Waals surface area contributed by atoms with E-state index in [0.717, 1.165) is 0 Å². The summed E-state index contributed by atoms with van der Waals surface area (Å²) in [5.41, 5.74) is 0.526. The van der Waals surface area contributed by atoms with Crippen LogP contribution in [0.2, 0.25) is 0 Å². The number of carbonyl (C=O) groups is 2. The third-order valence-corrected chi connectivity index (χ3v) is 3.08. The number of nitrogens with zero attached hydrogens (tertiary/aromatic N) is 1. The zero-order valence-corrected chi connectivity index (χ0v) is 12.6. The molecule has 0 atom stereocenters. The summed E-state index contributed by atoms with van der Waals surface area (Å²) in [5, 5.41) is 10.9. The van der Waals surface area contributed by atoms with E-state index in [2.05, 4.69) is 0 Å². The monoisotopic (exact) mass is 317 g/mol. The molecule has 120 valence electrons. The first-order valence-corrected chi connectivity index (χ1v) is 6.66. The first-order valence-electron chi connectivity index (χ1n) is 6.66. The minimum Gasteiger partial charge on any atom is -0.619 e. The van der Waals surface area contributed by atoms with Crippen LogP contribution < -0.4 is 14.2 Å². The molecule has 1 aromatic carbocycles. The van der Waals surface area contributed by atoms with Crippen molar-refractivity contribution in [1.82, 2.24) is 0 Å². The van der Waals surface area contributed by atoms with Crippen LogP contribution in [0.5, 0.6) is 11.5 Å². The van der Waals surface area contributed by atoms with Gasteiger partial charge in [-0.1, -0.05) is 0 Å². The van der Waals surface area contributed by atoms with Crippen molar-refractivity contribution in [3.63, 3.8) is 0 Å². The Labute approximate surface area is 132 Å². The Bertz CT molecular complexity index is 711. The molecule has 0 aliphatic rings. The van der Waals surface area contributed by atoms with Crippen molar-refractivity contribution in [3.8, 4) is 11.5 Å². The zero-order chi connectivity index (χ0) is 16.8.